The number of nitrogens with one attached hydrogen (secondary N) is 1. The maximum absolute atomic E-state index is 12.8. The summed E-state index contributed by atoms with van der Waals surface area (Å²) in [5.41, 5.74) is 1.25. The first-order valence-electron chi connectivity index (χ1n) is 7.05. The molecule has 1 N–H and O–H groups in total. The maximum atomic E-state index is 12.8. The molecule has 0 saturated carbocycles. The van der Waals surface area contributed by atoms with Gasteiger partial charge in [0.1, 0.15) is 5.82 Å². The molecule has 0 bridgehead atoms. The quantitative estimate of drug-likeness (QED) is 0.855. The van der Waals surface area contributed by atoms with Gasteiger partial charge in [-0.15, -0.1) is 0 Å². The first-order valence-corrected chi connectivity index (χ1v) is 7.84. The number of benzene rings is 2. The van der Waals surface area contributed by atoms with Gasteiger partial charge in [0.25, 0.3) is 0 Å². The highest BCUT2D eigenvalue weighted by molar-refractivity contribution is 9.10. The molecule has 0 saturated heterocycles. The molecule has 2 rings (SSSR count). The van der Waals surface area contributed by atoms with Crippen molar-refractivity contribution in [2.75, 3.05) is 16.8 Å². The van der Waals surface area contributed by atoms with Crippen molar-refractivity contribution >= 4 is 39.1 Å². The Kier molecular flexibility index (Phi) is 5.87. The van der Waals surface area contributed by atoms with Gasteiger partial charge in [-0.1, -0.05) is 22.0 Å². The van der Waals surface area contributed by atoms with Crippen molar-refractivity contribution in [3.05, 3.63) is 58.8 Å². The second-order valence-electron chi connectivity index (χ2n) is 4.96. The zero-order valence-corrected chi connectivity index (χ0v) is 14.1. The van der Waals surface area contributed by atoms with E-state index < -0.39 is 0 Å². The van der Waals surface area contributed by atoms with Crippen LogP contribution in [0.5, 0.6) is 0 Å². The molecule has 0 atom stereocenters. The van der Waals surface area contributed by atoms with Crippen LogP contribution in [0, 0.1) is 5.82 Å². The van der Waals surface area contributed by atoms with Gasteiger partial charge in [-0.25, -0.2) is 4.39 Å². The molecule has 23 heavy (non-hydrogen) atoms. The standard InChI is InChI=1S/C17H16BrFN2O2/c1-12(22)21(16-4-2-3-13(18)11-16)10-9-17(23)20-15-7-5-14(19)6-8-15/h2-8,11H,9-10H2,1H3,(H,20,23). The number of amides is 2. The van der Waals surface area contributed by atoms with Crippen molar-refractivity contribution in [2.24, 2.45) is 0 Å². The Morgan fingerprint density at radius 2 is 1.87 bits per heavy atom. The van der Waals surface area contributed by atoms with E-state index in [2.05, 4.69) is 21.2 Å². The van der Waals surface area contributed by atoms with Gasteiger partial charge in [-0.2, -0.15) is 0 Å². The van der Waals surface area contributed by atoms with E-state index in [9.17, 15) is 14.0 Å². The van der Waals surface area contributed by atoms with E-state index >= 15 is 0 Å². The molecule has 0 aliphatic carbocycles. The SMILES string of the molecule is CC(=O)N(CCC(=O)Nc1ccc(F)cc1)c1cccc(Br)c1. The zero-order chi connectivity index (χ0) is 16.8. The van der Waals surface area contributed by atoms with Gasteiger partial charge in [0.2, 0.25) is 11.8 Å². The van der Waals surface area contributed by atoms with Crippen molar-refractivity contribution in [2.45, 2.75) is 13.3 Å². The predicted octanol–water partition coefficient (Wildman–Crippen LogP) is 3.97. The molecule has 2 amide bonds. The topological polar surface area (TPSA) is 49.4 Å². The minimum Gasteiger partial charge on any atom is -0.326 e. The summed E-state index contributed by atoms with van der Waals surface area (Å²) in [5.74, 6) is -0.740. The van der Waals surface area contributed by atoms with Crippen LogP contribution < -0.4 is 10.2 Å². The van der Waals surface area contributed by atoms with Crippen LogP contribution in [0.4, 0.5) is 15.8 Å². The molecule has 2 aromatic rings. The van der Waals surface area contributed by atoms with E-state index in [1.54, 1.807) is 0 Å². The normalized spacial score (nSPS) is 10.2. The van der Waals surface area contributed by atoms with Gasteiger partial charge in [0, 0.05) is 35.7 Å². The van der Waals surface area contributed by atoms with Crippen LogP contribution in [0.1, 0.15) is 13.3 Å². The summed E-state index contributed by atoms with van der Waals surface area (Å²) < 4.78 is 13.7. The van der Waals surface area contributed by atoms with E-state index in [1.165, 1.54) is 36.1 Å². The molecule has 0 aliphatic rings. The van der Waals surface area contributed by atoms with Gasteiger partial charge < -0.3 is 10.2 Å². The number of halogens is 2. The highest BCUT2D eigenvalue weighted by Gasteiger charge is 2.13. The predicted molar refractivity (Wildman–Crippen MR) is 91.8 cm³/mol. The Hall–Kier alpha value is -2.21. The van der Waals surface area contributed by atoms with Crippen molar-refractivity contribution in [1.29, 1.82) is 0 Å². The molecule has 120 valence electrons. The van der Waals surface area contributed by atoms with Gasteiger partial charge >= 0.3 is 0 Å². The highest BCUT2D eigenvalue weighted by Crippen LogP contribution is 2.20. The van der Waals surface area contributed by atoms with Crippen LogP contribution in [-0.4, -0.2) is 18.4 Å². The summed E-state index contributed by atoms with van der Waals surface area (Å²) in [6.45, 7) is 1.72. The van der Waals surface area contributed by atoms with E-state index in [0.717, 1.165) is 10.2 Å². The molecule has 0 unspecified atom stereocenters. The number of carbonyl (C=O) groups is 2. The zero-order valence-electron chi connectivity index (χ0n) is 12.6. The average Bonchev–Trinajstić information content (AvgIpc) is 2.49. The van der Waals surface area contributed by atoms with E-state index in [1.807, 2.05) is 24.3 Å². The molecule has 0 aliphatic heterocycles. The molecule has 2 aromatic carbocycles. The summed E-state index contributed by atoms with van der Waals surface area (Å²) in [6, 6.07) is 12.9. The third-order valence-electron chi connectivity index (χ3n) is 3.19. The van der Waals surface area contributed by atoms with Crippen molar-refractivity contribution in [1.82, 2.24) is 0 Å². The van der Waals surface area contributed by atoms with Crippen LogP contribution in [-0.2, 0) is 9.59 Å². The van der Waals surface area contributed by atoms with Crippen LogP contribution in [0.2, 0.25) is 0 Å². The lowest BCUT2D eigenvalue weighted by molar-refractivity contribution is -0.117. The van der Waals surface area contributed by atoms with E-state index in [0.29, 0.717) is 5.69 Å². The van der Waals surface area contributed by atoms with Crippen molar-refractivity contribution in [3.8, 4) is 0 Å². The summed E-state index contributed by atoms with van der Waals surface area (Å²) >= 11 is 3.36. The Morgan fingerprint density at radius 1 is 1.17 bits per heavy atom. The fourth-order valence-electron chi connectivity index (χ4n) is 2.08. The Balaban J connectivity index is 1.97. The molecule has 0 radical (unpaired) electrons. The second kappa shape index (κ2) is 7.87. The molecule has 0 aromatic heterocycles. The van der Waals surface area contributed by atoms with Gasteiger partial charge in [0.15, 0.2) is 0 Å². The lowest BCUT2D eigenvalue weighted by Crippen LogP contribution is -2.31. The first kappa shape index (κ1) is 17.1. The lowest BCUT2D eigenvalue weighted by Gasteiger charge is -2.21. The third-order valence-corrected chi connectivity index (χ3v) is 3.68. The second-order valence-corrected chi connectivity index (χ2v) is 5.87. The van der Waals surface area contributed by atoms with Crippen LogP contribution in [0.3, 0.4) is 0 Å². The molecule has 0 fully saturated rings. The average molecular weight is 379 g/mol. The summed E-state index contributed by atoms with van der Waals surface area (Å²) in [5, 5.41) is 2.67. The van der Waals surface area contributed by atoms with E-state index in [4.69, 9.17) is 0 Å². The largest absolute Gasteiger partial charge is 0.326 e. The van der Waals surface area contributed by atoms with Gasteiger partial charge in [-0.05, 0) is 42.5 Å². The number of hydrogen-bond acceptors (Lipinski definition) is 2. The monoisotopic (exact) mass is 378 g/mol. The number of hydrogen-bond donors (Lipinski definition) is 1. The number of anilines is 2. The lowest BCUT2D eigenvalue weighted by atomic mass is 10.2. The van der Waals surface area contributed by atoms with Gasteiger partial charge in [-0.3, -0.25) is 9.59 Å². The highest BCUT2D eigenvalue weighted by atomic mass is 79.9. The Bertz CT molecular complexity index is 704. The minimum atomic E-state index is -0.361. The summed E-state index contributed by atoms with van der Waals surface area (Å²) in [7, 11) is 0. The van der Waals surface area contributed by atoms with Crippen molar-refractivity contribution < 1.29 is 14.0 Å². The maximum Gasteiger partial charge on any atom is 0.226 e. The third kappa shape index (κ3) is 5.17. The van der Waals surface area contributed by atoms with E-state index in [-0.39, 0.29) is 30.6 Å². The summed E-state index contributed by atoms with van der Waals surface area (Å²) in [6.07, 6.45) is 0.142. The number of rotatable bonds is 5. The van der Waals surface area contributed by atoms with Crippen molar-refractivity contribution in [3.63, 3.8) is 0 Å². The molecular weight excluding hydrogens is 363 g/mol. The van der Waals surface area contributed by atoms with Crippen LogP contribution >= 0.6 is 15.9 Å². The smallest absolute Gasteiger partial charge is 0.226 e. The fourth-order valence-corrected chi connectivity index (χ4v) is 2.47. The Labute approximate surface area is 142 Å². The van der Waals surface area contributed by atoms with Gasteiger partial charge in [0.05, 0.1) is 0 Å². The molecular formula is C17H16BrFN2O2. The fraction of sp³-hybridized carbons (Fsp3) is 0.176. The molecule has 0 heterocycles. The molecule has 0 spiro atoms. The number of nitrogens with zero attached hydrogens (tertiary/aromatic N) is 1. The molecule has 4 nitrogen and oxygen atoms in total. The summed E-state index contributed by atoms with van der Waals surface area (Å²) in [4.78, 5) is 25.3. The minimum absolute atomic E-state index is 0.141. The molecule has 6 heteroatoms. The van der Waals surface area contributed by atoms with Crippen LogP contribution in [0.15, 0.2) is 53.0 Å². The number of carbonyl (C=O) groups excluding carboxylic acids is 2. The van der Waals surface area contributed by atoms with Crippen LogP contribution in [0.25, 0.3) is 0 Å². The Morgan fingerprint density at radius 3 is 2.48 bits per heavy atom. The first-order chi connectivity index (χ1) is 11.0.